The van der Waals surface area contributed by atoms with Crippen molar-refractivity contribution in [2.45, 2.75) is 4.90 Å². The van der Waals surface area contributed by atoms with Crippen LogP contribution < -0.4 is 10.3 Å². The van der Waals surface area contributed by atoms with E-state index in [9.17, 15) is 8.42 Å². The molecule has 0 radical (unpaired) electrons. The van der Waals surface area contributed by atoms with Gasteiger partial charge in [-0.2, -0.15) is 0 Å². The van der Waals surface area contributed by atoms with Gasteiger partial charge in [0.2, 0.25) is 0 Å². The predicted octanol–water partition coefficient (Wildman–Crippen LogP) is 0.103. The van der Waals surface area contributed by atoms with Crippen LogP contribution in [0.4, 0.5) is 0 Å². The molecule has 2 N–H and O–H groups in total. The first-order chi connectivity index (χ1) is 6.67. The van der Waals surface area contributed by atoms with E-state index in [0.29, 0.717) is 0 Å². The molecular formula is C9H10N2O2S. The Morgan fingerprint density at radius 3 is 2.50 bits per heavy atom. The lowest BCUT2D eigenvalue weighted by atomic mass is 10.4. The molecule has 1 aromatic rings. The van der Waals surface area contributed by atoms with E-state index >= 15 is 0 Å². The lowest BCUT2D eigenvalue weighted by Gasteiger charge is -2.05. The van der Waals surface area contributed by atoms with Gasteiger partial charge in [0.05, 0.1) is 11.4 Å². The van der Waals surface area contributed by atoms with Gasteiger partial charge < -0.3 is 0 Å². The van der Waals surface area contributed by atoms with Crippen molar-refractivity contribution in [1.29, 1.82) is 0 Å². The number of benzene rings is 1. The average Bonchev–Trinajstić information content (AvgIpc) is 2.19. The Bertz CT molecular complexity index is 420. The molecule has 0 amide bonds. The fourth-order valence-electron chi connectivity index (χ4n) is 0.841. The Morgan fingerprint density at radius 2 is 1.93 bits per heavy atom. The Balaban J connectivity index is 2.73. The molecule has 0 aromatic heterocycles. The Morgan fingerprint density at radius 1 is 1.29 bits per heavy atom. The fraction of sp³-hybridized carbons (Fsp3) is 0.111. The van der Waals surface area contributed by atoms with Crippen LogP contribution in [0.2, 0.25) is 0 Å². The molecule has 1 aromatic carbocycles. The van der Waals surface area contributed by atoms with E-state index in [1.54, 1.807) is 18.2 Å². The topological polar surface area (TPSA) is 58.2 Å². The summed E-state index contributed by atoms with van der Waals surface area (Å²) in [6, 6.07) is 8.04. The summed E-state index contributed by atoms with van der Waals surface area (Å²) in [6.45, 7) is 0.145. The van der Waals surface area contributed by atoms with Gasteiger partial charge in [-0.3, -0.25) is 0 Å². The lowest BCUT2D eigenvalue weighted by molar-refractivity contribution is 0.566. The molecule has 0 spiro atoms. The minimum Gasteiger partial charge on any atom is -0.232 e. The smallest absolute Gasteiger partial charge is 0.232 e. The van der Waals surface area contributed by atoms with Gasteiger partial charge in [0.25, 0.3) is 10.0 Å². The molecule has 0 bridgehead atoms. The maximum absolute atomic E-state index is 11.5. The molecule has 0 aliphatic heterocycles. The monoisotopic (exact) mass is 210 g/mol. The van der Waals surface area contributed by atoms with Crippen molar-refractivity contribution in [3.63, 3.8) is 0 Å². The van der Waals surface area contributed by atoms with E-state index < -0.39 is 10.0 Å². The number of hydrogen-bond acceptors (Lipinski definition) is 3. The molecular weight excluding hydrogens is 200 g/mol. The molecule has 5 heteroatoms. The second kappa shape index (κ2) is 4.77. The molecule has 4 nitrogen and oxygen atoms in total. The molecule has 0 unspecified atom stereocenters. The molecule has 0 fully saturated rings. The van der Waals surface area contributed by atoms with Crippen molar-refractivity contribution < 1.29 is 8.42 Å². The Labute approximate surface area is 83.4 Å². The highest BCUT2D eigenvalue weighted by atomic mass is 32.2. The van der Waals surface area contributed by atoms with Gasteiger partial charge >= 0.3 is 0 Å². The van der Waals surface area contributed by atoms with Crippen LogP contribution in [0.5, 0.6) is 0 Å². The highest BCUT2D eigenvalue weighted by molar-refractivity contribution is 7.89. The van der Waals surface area contributed by atoms with Gasteiger partial charge in [-0.1, -0.05) is 24.1 Å². The number of terminal acetylenes is 1. The van der Waals surface area contributed by atoms with Crippen molar-refractivity contribution in [2.75, 3.05) is 6.54 Å². The molecule has 0 saturated carbocycles. The summed E-state index contributed by atoms with van der Waals surface area (Å²) in [6.07, 6.45) is 4.95. The van der Waals surface area contributed by atoms with E-state index in [1.165, 1.54) is 12.1 Å². The van der Waals surface area contributed by atoms with Gasteiger partial charge in [-0.25, -0.2) is 13.8 Å². The third-order valence-corrected chi connectivity index (χ3v) is 2.76. The number of rotatable bonds is 4. The molecule has 14 heavy (non-hydrogen) atoms. The highest BCUT2D eigenvalue weighted by Crippen LogP contribution is 2.05. The summed E-state index contributed by atoms with van der Waals surface area (Å²) in [5, 5.41) is 0. The summed E-state index contributed by atoms with van der Waals surface area (Å²) < 4.78 is 22.9. The van der Waals surface area contributed by atoms with E-state index in [4.69, 9.17) is 6.42 Å². The minimum absolute atomic E-state index is 0.145. The van der Waals surface area contributed by atoms with Crippen LogP contribution in [0, 0.1) is 12.3 Å². The lowest BCUT2D eigenvalue weighted by Crippen LogP contribution is -2.37. The second-order valence-corrected chi connectivity index (χ2v) is 4.16. The van der Waals surface area contributed by atoms with E-state index in [1.807, 2.05) is 0 Å². The molecule has 0 saturated heterocycles. The van der Waals surface area contributed by atoms with Crippen molar-refractivity contribution in [3.8, 4) is 12.3 Å². The third kappa shape index (κ3) is 2.85. The molecule has 0 aliphatic rings. The summed E-state index contributed by atoms with van der Waals surface area (Å²) in [4.78, 5) is 2.35. The van der Waals surface area contributed by atoms with E-state index in [-0.39, 0.29) is 11.4 Å². The number of nitrogens with one attached hydrogen (secondary N) is 2. The average molecular weight is 210 g/mol. The number of hydrogen-bond donors (Lipinski definition) is 2. The van der Waals surface area contributed by atoms with Gasteiger partial charge in [-0.05, 0) is 12.1 Å². The first-order valence-corrected chi connectivity index (χ1v) is 5.38. The Hall–Kier alpha value is -1.35. The second-order valence-electron chi connectivity index (χ2n) is 2.48. The van der Waals surface area contributed by atoms with Crippen LogP contribution in [-0.4, -0.2) is 15.0 Å². The van der Waals surface area contributed by atoms with Crippen LogP contribution in [0.3, 0.4) is 0 Å². The zero-order chi connectivity index (χ0) is 10.4. The molecule has 0 atom stereocenters. The summed E-state index contributed by atoms with van der Waals surface area (Å²) in [5.41, 5.74) is 2.40. The molecule has 1 rings (SSSR count). The maximum Gasteiger partial charge on any atom is 0.253 e. The molecule has 0 aliphatic carbocycles. The molecule has 74 valence electrons. The first kappa shape index (κ1) is 10.7. The SMILES string of the molecule is C#CCNNS(=O)(=O)c1ccccc1. The van der Waals surface area contributed by atoms with Crippen LogP contribution in [0.15, 0.2) is 35.2 Å². The summed E-state index contributed by atoms with van der Waals surface area (Å²) in [7, 11) is -3.49. The standard InChI is InChI=1S/C9H10N2O2S/c1-2-8-10-11-14(12,13)9-6-4-3-5-7-9/h1,3-7,10-11H,8H2. The Kier molecular flexibility index (Phi) is 3.65. The van der Waals surface area contributed by atoms with Crippen LogP contribution in [-0.2, 0) is 10.0 Å². The van der Waals surface area contributed by atoms with Gasteiger partial charge in [0.15, 0.2) is 0 Å². The van der Waals surface area contributed by atoms with Crippen molar-refractivity contribution in [3.05, 3.63) is 30.3 Å². The fourth-order valence-corrected chi connectivity index (χ4v) is 1.74. The number of hydrazine groups is 1. The van der Waals surface area contributed by atoms with E-state index in [2.05, 4.69) is 16.2 Å². The summed E-state index contributed by atoms with van der Waals surface area (Å²) >= 11 is 0. The van der Waals surface area contributed by atoms with Crippen molar-refractivity contribution in [1.82, 2.24) is 10.3 Å². The van der Waals surface area contributed by atoms with E-state index in [0.717, 1.165) is 0 Å². The van der Waals surface area contributed by atoms with Crippen LogP contribution in [0.1, 0.15) is 0 Å². The van der Waals surface area contributed by atoms with Crippen molar-refractivity contribution >= 4 is 10.0 Å². The highest BCUT2D eigenvalue weighted by Gasteiger charge is 2.11. The first-order valence-electron chi connectivity index (χ1n) is 3.90. The van der Waals surface area contributed by atoms with Gasteiger partial charge in [0.1, 0.15) is 0 Å². The van der Waals surface area contributed by atoms with Crippen LogP contribution in [0.25, 0.3) is 0 Å². The summed E-state index contributed by atoms with van der Waals surface area (Å²) in [5.74, 6) is 2.25. The van der Waals surface area contributed by atoms with Gasteiger partial charge in [0, 0.05) is 0 Å². The zero-order valence-electron chi connectivity index (χ0n) is 7.40. The molecule has 0 heterocycles. The predicted molar refractivity (Wildman–Crippen MR) is 53.6 cm³/mol. The van der Waals surface area contributed by atoms with Crippen molar-refractivity contribution in [2.24, 2.45) is 0 Å². The number of sulfonamides is 1. The normalized spacial score (nSPS) is 10.8. The quantitative estimate of drug-likeness (QED) is 0.421. The van der Waals surface area contributed by atoms with Crippen LogP contribution >= 0.6 is 0 Å². The largest absolute Gasteiger partial charge is 0.253 e. The minimum atomic E-state index is -3.49. The van der Waals surface area contributed by atoms with Gasteiger partial charge in [-0.15, -0.1) is 11.3 Å². The maximum atomic E-state index is 11.5. The third-order valence-electron chi connectivity index (χ3n) is 1.45. The zero-order valence-corrected chi connectivity index (χ0v) is 8.21.